The van der Waals surface area contributed by atoms with Gasteiger partial charge in [0.1, 0.15) is 0 Å². The van der Waals surface area contributed by atoms with Gasteiger partial charge in [0.2, 0.25) is 0 Å². The van der Waals surface area contributed by atoms with E-state index in [0.29, 0.717) is 33.0 Å². The quantitative estimate of drug-likeness (QED) is 0.311. The van der Waals surface area contributed by atoms with Crippen LogP contribution in [0, 0.1) is 12.8 Å². The SMILES string of the molecule is CCOc1cc([C@@H]2C(C(=O)OCC(C)C)=C(C)N=c3s/c(=C/c4ccc(C)cc4)c(=O)n32)ccc1OC(C)=O. The maximum absolute atomic E-state index is 13.8. The molecule has 1 atom stereocenters. The normalized spacial score (nSPS) is 15.2. The Hall–Kier alpha value is -3.98. The average Bonchev–Trinajstić information content (AvgIpc) is 3.18. The molecule has 1 aromatic heterocycles. The molecule has 3 aromatic rings. The highest BCUT2D eigenvalue weighted by Gasteiger charge is 2.34. The minimum absolute atomic E-state index is 0.136. The zero-order valence-corrected chi connectivity index (χ0v) is 23.8. The van der Waals surface area contributed by atoms with Crippen LogP contribution < -0.4 is 24.4 Å². The van der Waals surface area contributed by atoms with Crippen molar-refractivity contribution in [2.24, 2.45) is 10.9 Å². The Morgan fingerprint density at radius 2 is 1.82 bits per heavy atom. The van der Waals surface area contributed by atoms with Crippen molar-refractivity contribution >= 4 is 29.4 Å². The highest BCUT2D eigenvalue weighted by molar-refractivity contribution is 7.07. The van der Waals surface area contributed by atoms with Crippen LogP contribution in [0.25, 0.3) is 6.08 Å². The summed E-state index contributed by atoms with van der Waals surface area (Å²) in [5, 5.41) is 0. The van der Waals surface area contributed by atoms with E-state index in [2.05, 4.69) is 4.99 Å². The average molecular weight is 549 g/mol. The van der Waals surface area contributed by atoms with Crippen LogP contribution in [0.5, 0.6) is 11.5 Å². The summed E-state index contributed by atoms with van der Waals surface area (Å²) >= 11 is 1.26. The molecule has 1 aliphatic heterocycles. The fourth-order valence-corrected chi connectivity index (χ4v) is 5.28. The fraction of sp³-hybridized carbons (Fsp3) is 0.333. The molecule has 204 valence electrons. The Balaban J connectivity index is 1.92. The number of nitrogens with zero attached hydrogens (tertiary/aromatic N) is 2. The van der Waals surface area contributed by atoms with Crippen LogP contribution in [0.3, 0.4) is 0 Å². The van der Waals surface area contributed by atoms with Crippen LogP contribution in [-0.2, 0) is 14.3 Å². The largest absolute Gasteiger partial charge is 0.490 e. The zero-order chi connectivity index (χ0) is 28.3. The number of thiazole rings is 1. The Morgan fingerprint density at radius 1 is 1.10 bits per heavy atom. The molecule has 0 saturated heterocycles. The standard InChI is InChI=1S/C30H32N2O6S/c1-7-36-24-15-22(12-13-23(24)38-20(6)33)27-26(29(35)37-16-17(2)3)19(5)31-30-32(27)28(34)25(39-30)14-21-10-8-18(4)9-11-21/h8-15,17,27H,7,16H2,1-6H3/b25-14+/t27-/m1/s1. The lowest BCUT2D eigenvalue weighted by atomic mass is 9.95. The molecule has 1 aliphatic rings. The monoisotopic (exact) mass is 548 g/mol. The van der Waals surface area contributed by atoms with Gasteiger partial charge in [-0.2, -0.15) is 0 Å². The van der Waals surface area contributed by atoms with Crippen LogP contribution in [0.4, 0.5) is 0 Å². The summed E-state index contributed by atoms with van der Waals surface area (Å²) in [6.07, 6.45) is 1.83. The summed E-state index contributed by atoms with van der Waals surface area (Å²) < 4.78 is 18.7. The maximum atomic E-state index is 13.8. The molecule has 0 unspecified atom stereocenters. The molecular formula is C30H32N2O6S. The Kier molecular flexibility index (Phi) is 8.50. The number of hydrogen-bond acceptors (Lipinski definition) is 8. The van der Waals surface area contributed by atoms with E-state index in [4.69, 9.17) is 14.2 Å². The molecule has 0 fully saturated rings. The molecule has 0 radical (unpaired) electrons. The first-order valence-electron chi connectivity index (χ1n) is 12.8. The van der Waals surface area contributed by atoms with Crippen molar-refractivity contribution in [3.05, 3.63) is 90.1 Å². The minimum atomic E-state index is -0.813. The number of aromatic nitrogens is 1. The van der Waals surface area contributed by atoms with Crippen LogP contribution in [0.1, 0.15) is 57.4 Å². The van der Waals surface area contributed by atoms with Gasteiger partial charge in [-0.15, -0.1) is 0 Å². The van der Waals surface area contributed by atoms with Gasteiger partial charge in [-0.3, -0.25) is 14.2 Å². The van der Waals surface area contributed by atoms with Gasteiger partial charge >= 0.3 is 11.9 Å². The molecule has 9 heteroatoms. The van der Waals surface area contributed by atoms with Crippen molar-refractivity contribution in [3.63, 3.8) is 0 Å². The van der Waals surface area contributed by atoms with Crippen LogP contribution in [0.15, 0.2) is 63.5 Å². The number of carbonyl (C=O) groups excluding carboxylic acids is 2. The first-order valence-corrected chi connectivity index (χ1v) is 13.6. The Bertz CT molecular complexity index is 1610. The fourth-order valence-electron chi connectivity index (χ4n) is 4.23. The van der Waals surface area contributed by atoms with E-state index >= 15 is 0 Å². The number of fused-ring (bicyclic) bond motifs is 1. The van der Waals surface area contributed by atoms with Crippen LogP contribution in [0.2, 0.25) is 0 Å². The summed E-state index contributed by atoms with van der Waals surface area (Å²) in [4.78, 5) is 44.0. The third kappa shape index (κ3) is 6.20. The van der Waals surface area contributed by atoms with Gasteiger partial charge in [-0.25, -0.2) is 9.79 Å². The summed E-state index contributed by atoms with van der Waals surface area (Å²) in [5.41, 5.74) is 3.08. The smallest absolute Gasteiger partial charge is 0.338 e. The number of hydrogen-bond donors (Lipinski definition) is 0. The van der Waals surface area contributed by atoms with Gasteiger partial charge in [0.15, 0.2) is 16.3 Å². The lowest BCUT2D eigenvalue weighted by Crippen LogP contribution is -2.40. The number of ether oxygens (including phenoxy) is 3. The molecule has 0 bridgehead atoms. The Morgan fingerprint density at radius 3 is 2.46 bits per heavy atom. The number of carbonyl (C=O) groups is 2. The first kappa shape index (κ1) is 28.0. The molecule has 0 amide bonds. The second kappa shape index (κ2) is 11.8. The van der Waals surface area contributed by atoms with Crippen molar-refractivity contribution in [1.82, 2.24) is 4.57 Å². The third-order valence-electron chi connectivity index (χ3n) is 6.00. The maximum Gasteiger partial charge on any atom is 0.338 e. The molecule has 0 saturated carbocycles. The summed E-state index contributed by atoms with van der Waals surface area (Å²) in [6.45, 7) is 11.3. The second-order valence-electron chi connectivity index (χ2n) is 9.72. The van der Waals surface area contributed by atoms with Gasteiger partial charge in [0.25, 0.3) is 5.56 Å². The van der Waals surface area contributed by atoms with Crippen molar-refractivity contribution in [2.75, 3.05) is 13.2 Å². The van der Waals surface area contributed by atoms with E-state index in [9.17, 15) is 14.4 Å². The third-order valence-corrected chi connectivity index (χ3v) is 6.98. The molecule has 39 heavy (non-hydrogen) atoms. The van der Waals surface area contributed by atoms with Crippen molar-refractivity contribution in [2.45, 2.75) is 47.6 Å². The molecule has 2 heterocycles. The summed E-state index contributed by atoms with van der Waals surface area (Å²) in [5.74, 6) is -0.302. The van der Waals surface area contributed by atoms with Crippen LogP contribution in [-0.4, -0.2) is 29.7 Å². The van der Waals surface area contributed by atoms with Crippen LogP contribution >= 0.6 is 11.3 Å². The Labute approximate surface area is 230 Å². The van der Waals surface area contributed by atoms with Gasteiger partial charge in [-0.05, 0) is 56.0 Å². The lowest BCUT2D eigenvalue weighted by molar-refractivity contribution is -0.140. The molecule has 4 rings (SSSR count). The van der Waals surface area contributed by atoms with Gasteiger partial charge in [0, 0.05) is 6.92 Å². The van der Waals surface area contributed by atoms with Crippen molar-refractivity contribution < 1.29 is 23.8 Å². The van der Waals surface area contributed by atoms with E-state index in [1.807, 2.05) is 58.0 Å². The predicted molar refractivity (Wildman–Crippen MR) is 150 cm³/mol. The van der Waals surface area contributed by atoms with Gasteiger partial charge in [0.05, 0.1) is 35.1 Å². The minimum Gasteiger partial charge on any atom is -0.490 e. The molecule has 0 N–H and O–H groups in total. The lowest BCUT2D eigenvalue weighted by Gasteiger charge is -2.25. The predicted octanol–water partition coefficient (Wildman–Crippen LogP) is 4.07. The van der Waals surface area contributed by atoms with Gasteiger partial charge < -0.3 is 14.2 Å². The first-order chi connectivity index (χ1) is 18.6. The highest BCUT2D eigenvalue weighted by Crippen LogP contribution is 2.36. The molecule has 2 aromatic carbocycles. The second-order valence-corrected chi connectivity index (χ2v) is 10.7. The summed E-state index contributed by atoms with van der Waals surface area (Å²) in [7, 11) is 0. The number of aryl methyl sites for hydroxylation is 1. The highest BCUT2D eigenvalue weighted by atomic mass is 32.1. The van der Waals surface area contributed by atoms with E-state index < -0.39 is 18.0 Å². The van der Waals surface area contributed by atoms with Crippen molar-refractivity contribution in [1.29, 1.82) is 0 Å². The zero-order valence-electron chi connectivity index (χ0n) is 22.9. The molecule has 0 spiro atoms. The van der Waals surface area contributed by atoms with E-state index in [1.54, 1.807) is 25.1 Å². The molecule has 8 nitrogen and oxygen atoms in total. The number of esters is 2. The number of rotatable bonds is 8. The molecule has 0 aliphatic carbocycles. The summed E-state index contributed by atoms with van der Waals surface area (Å²) in [6, 6.07) is 12.1. The van der Waals surface area contributed by atoms with Crippen molar-refractivity contribution in [3.8, 4) is 11.5 Å². The van der Waals surface area contributed by atoms with E-state index in [0.717, 1.165) is 11.1 Å². The van der Waals surface area contributed by atoms with E-state index in [-0.39, 0.29) is 29.4 Å². The topological polar surface area (TPSA) is 96.2 Å². The number of benzene rings is 2. The number of allylic oxidation sites excluding steroid dienone is 1. The molecular weight excluding hydrogens is 516 g/mol. The van der Waals surface area contributed by atoms with Gasteiger partial charge in [-0.1, -0.05) is 61.1 Å². The van der Waals surface area contributed by atoms with E-state index in [1.165, 1.54) is 22.8 Å².